The third kappa shape index (κ3) is 3.66. The normalized spacial score (nSPS) is 26.3. The molecule has 0 bridgehead atoms. The van der Waals surface area contributed by atoms with Crippen LogP contribution in [0.2, 0.25) is 0 Å². The highest BCUT2D eigenvalue weighted by atomic mass is 16.5. The van der Waals surface area contributed by atoms with Gasteiger partial charge in [-0.2, -0.15) is 0 Å². The summed E-state index contributed by atoms with van der Waals surface area (Å²) in [6, 6.07) is -0.380. The van der Waals surface area contributed by atoms with E-state index >= 15 is 0 Å². The highest BCUT2D eigenvalue weighted by Gasteiger charge is 2.47. The molecule has 0 spiro atoms. The largest absolute Gasteiger partial charge is 0.367 e. The Kier molecular flexibility index (Phi) is 5.99. The molecular formula is C16H26N4O3. The van der Waals surface area contributed by atoms with Crippen LogP contribution in [-0.2, 0) is 14.3 Å². The Balaban J connectivity index is 2.14. The minimum atomic E-state index is -0.380. The van der Waals surface area contributed by atoms with Gasteiger partial charge in [0.15, 0.2) is 0 Å². The number of terminal acetylenes is 1. The molecule has 2 aliphatic heterocycles. The van der Waals surface area contributed by atoms with Crippen molar-refractivity contribution in [3.63, 3.8) is 0 Å². The molecule has 2 atom stereocenters. The number of nitrogens with zero attached hydrogens (tertiary/aromatic N) is 4. The molecule has 0 aliphatic carbocycles. The number of amides is 2. The first-order valence-corrected chi connectivity index (χ1v) is 8.06. The molecule has 0 aromatic heterocycles. The third-order valence-electron chi connectivity index (χ3n) is 4.51. The molecule has 2 saturated heterocycles. The van der Waals surface area contributed by atoms with Crippen LogP contribution in [0.1, 0.15) is 19.8 Å². The zero-order valence-corrected chi connectivity index (χ0v) is 14.2. The van der Waals surface area contributed by atoms with Gasteiger partial charge in [0.25, 0.3) is 0 Å². The number of likely N-dealkylation sites (N-methyl/N-ethyl adjacent to an activating group) is 2. The lowest BCUT2D eigenvalue weighted by Gasteiger charge is -2.54. The molecule has 2 rings (SSSR count). The summed E-state index contributed by atoms with van der Waals surface area (Å²) in [5.41, 5.74) is 0. The van der Waals surface area contributed by atoms with Crippen LogP contribution in [-0.4, -0.2) is 90.8 Å². The van der Waals surface area contributed by atoms with Crippen molar-refractivity contribution in [3.8, 4) is 12.3 Å². The molecule has 2 amide bonds. The Hall–Kier alpha value is -1.62. The molecule has 128 valence electrons. The van der Waals surface area contributed by atoms with Gasteiger partial charge in [0.05, 0.1) is 19.7 Å². The van der Waals surface area contributed by atoms with Gasteiger partial charge in [0, 0.05) is 20.6 Å². The summed E-state index contributed by atoms with van der Waals surface area (Å²) < 4.78 is 5.30. The summed E-state index contributed by atoms with van der Waals surface area (Å²) in [4.78, 5) is 28.8. The average molecular weight is 322 g/mol. The predicted molar refractivity (Wildman–Crippen MR) is 86.0 cm³/mol. The van der Waals surface area contributed by atoms with Crippen molar-refractivity contribution in [1.29, 1.82) is 0 Å². The Morgan fingerprint density at radius 3 is 2.74 bits per heavy atom. The summed E-state index contributed by atoms with van der Waals surface area (Å²) in [6.45, 7) is 3.99. The summed E-state index contributed by atoms with van der Waals surface area (Å²) >= 11 is 0. The average Bonchev–Trinajstić information content (AvgIpc) is 2.52. The fourth-order valence-electron chi connectivity index (χ4n) is 3.21. The van der Waals surface area contributed by atoms with Gasteiger partial charge in [0.2, 0.25) is 11.8 Å². The predicted octanol–water partition coefficient (Wildman–Crippen LogP) is -0.406. The second-order valence-corrected chi connectivity index (χ2v) is 6.02. The number of carbonyl (C=O) groups is 2. The van der Waals surface area contributed by atoms with E-state index in [0.717, 1.165) is 6.42 Å². The number of carbonyl (C=O) groups excluding carboxylic acids is 2. The second-order valence-electron chi connectivity index (χ2n) is 6.02. The second kappa shape index (κ2) is 7.77. The SMILES string of the molecule is C#CCOCCN1CC2N(C(=O)CN(C)N2C)[C@@H](CCC)C1=O. The van der Waals surface area contributed by atoms with Crippen LogP contribution in [0.25, 0.3) is 0 Å². The van der Waals surface area contributed by atoms with Crippen molar-refractivity contribution in [1.82, 2.24) is 19.8 Å². The first kappa shape index (κ1) is 17.7. The highest BCUT2D eigenvalue weighted by Crippen LogP contribution is 2.26. The van der Waals surface area contributed by atoms with Crippen molar-refractivity contribution in [2.45, 2.75) is 32.0 Å². The number of hydrogen-bond acceptors (Lipinski definition) is 5. The van der Waals surface area contributed by atoms with Gasteiger partial charge in [-0.15, -0.1) is 6.42 Å². The minimum Gasteiger partial charge on any atom is -0.367 e. The van der Waals surface area contributed by atoms with Crippen LogP contribution in [0.3, 0.4) is 0 Å². The summed E-state index contributed by atoms with van der Waals surface area (Å²) in [5, 5.41) is 3.93. The molecule has 0 aromatic carbocycles. The minimum absolute atomic E-state index is 0.0127. The van der Waals surface area contributed by atoms with Gasteiger partial charge < -0.3 is 14.5 Å². The van der Waals surface area contributed by atoms with Gasteiger partial charge in [-0.25, -0.2) is 10.0 Å². The Morgan fingerprint density at radius 2 is 2.09 bits per heavy atom. The number of hydrazine groups is 1. The Morgan fingerprint density at radius 1 is 1.35 bits per heavy atom. The number of rotatable bonds is 6. The van der Waals surface area contributed by atoms with Crippen molar-refractivity contribution in [3.05, 3.63) is 0 Å². The fourth-order valence-corrected chi connectivity index (χ4v) is 3.21. The van der Waals surface area contributed by atoms with E-state index in [2.05, 4.69) is 5.92 Å². The molecule has 7 nitrogen and oxygen atoms in total. The van der Waals surface area contributed by atoms with Crippen LogP contribution >= 0.6 is 0 Å². The van der Waals surface area contributed by atoms with Crippen LogP contribution in [0.4, 0.5) is 0 Å². The first-order chi connectivity index (χ1) is 11.0. The molecule has 2 heterocycles. The summed E-state index contributed by atoms with van der Waals surface area (Å²) in [5.74, 6) is 2.45. The van der Waals surface area contributed by atoms with Crippen molar-refractivity contribution in [2.24, 2.45) is 0 Å². The molecular weight excluding hydrogens is 296 g/mol. The number of piperazine rings is 1. The zero-order chi connectivity index (χ0) is 17.0. The lowest BCUT2D eigenvalue weighted by Crippen LogP contribution is -2.73. The van der Waals surface area contributed by atoms with E-state index in [1.807, 2.05) is 31.0 Å². The molecule has 7 heteroatoms. The molecule has 0 N–H and O–H groups in total. The van der Waals surface area contributed by atoms with E-state index in [0.29, 0.717) is 32.7 Å². The van der Waals surface area contributed by atoms with Crippen LogP contribution in [0.5, 0.6) is 0 Å². The third-order valence-corrected chi connectivity index (χ3v) is 4.51. The molecule has 23 heavy (non-hydrogen) atoms. The maximum atomic E-state index is 12.8. The van der Waals surface area contributed by atoms with Gasteiger partial charge >= 0.3 is 0 Å². The molecule has 2 fully saturated rings. The van der Waals surface area contributed by atoms with E-state index in [1.54, 1.807) is 9.80 Å². The first-order valence-electron chi connectivity index (χ1n) is 8.06. The number of hydrogen-bond donors (Lipinski definition) is 0. The van der Waals surface area contributed by atoms with Crippen molar-refractivity contribution in [2.75, 3.05) is 46.9 Å². The van der Waals surface area contributed by atoms with E-state index in [1.165, 1.54) is 0 Å². The van der Waals surface area contributed by atoms with Crippen LogP contribution in [0.15, 0.2) is 0 Å². The maximum Gasteiger partial charge on any atom is 0.245 e. The highest BCUT2D eigenvalue weighted by molar-refractivity contribution is 5.90. The molecule has 2 aliphatic rings. The van der Waals surface area contributed by atoms with Gasteiger partial charge in [-0.3, -0.25) is 9.59 Å². The standard InChI is InChI=1S/C16H26N4O3/c1-5-7-13-16(22)19(8-10-23-9-6-2)11-14-18(4)17(3)12-15(21)20(13)14/h2,13-14H,5,7-12H2,1,3-4H3/t13-,14?/m0/s1. The van der Waals surface area contributed by atoms with Crippen LogP contribution in [0, 0.1) is 12.3 Å². The lowest BCUT2D eigenvalue weighted by molar-refractivity contribution is -0.193. The zero-order valence-electron chi connectivity index (χ0n) is 14.2. The number of ether oxygens (including phenoxy) is 1. The lowest BCUT2D eigenvalue weighted by atomic mass is 10.0. The summed E-state index contributed by atoms with van der Waals surface area (Å²) in [6.07, 6.45) is 6.57. The van der Waals surface area contributed by atoms with E-state index in [9.17, 15) is 9.59 Å². The van der Waals surface area contributed by atoms with Crippen LogP contribution < -0.4 is 0 Å². The van der Waals surface area contributed by atoms with E-state index in [-0.39, 0.29) is 30.6 Å². The monoisotopic (exact) mass is 322 g/mol. The van der Waals surface area contributed by atoms with Gasteiger partial charge in [0.1, 0.15) is 18.8 Å². The molecule has 1 unspecified atom stereocenters. The van der Waals surface area contributed by atoms with Crippen molar-refractivity contribution < 1.29 is 14.3 Å². The topological polar surface area (TPSA) is 56.3 Å². The quantitative estimate of drug-likeness (QED) is 0.492. The fraction of sp³-hybridized carbons (Fsp3) is 0.750. The summed E-state index contributed by atoms with van der Waals surface area (Å²) in [7, 11) is 3.84. The van der Waals surface area contributed by atoms with E-state index < -0.39 is 0 Å². The molecule has 0 saturated carbocycles. The number of fused-ring (bicyclic) bond motifs is 1. The van der Waals surface area contributed by atoms with E-state index in [4.69, 9.17) is 11.2 Å². The van der Waals surface area contributed by atoms with Crippen molar-refractivity contribution >= 4 is 11.8 Å². The maximum absolute atomic E-state index is 12.8. The Labute approximate surface area is 138 Å². The van der Waals surface area contributed by atoms with Gasteiger partial charge in [-0.1, -0.05) is 19.3 Å². The molecule has 0 aromatic rings. The smallest absolute Gasteiger partial charge is 0.245 e. The molecule has 0 radical (unpaired) electrons. The Bertz CT molecular complexity index is 490. The van der Waals surface area contributed by atoms with Gasteiger partial charge in [-0.05, 0) is 6.42 Å².